The number of ether oxygens (including phenoxy) is 1. The lowest BCUT2D eigenvalue weighted by molar-refractivity contribution is -0.125. The van der Waals surface area contributed by atoms with Crippen LogP contribution in [0.1, 0.15) is 54.4 Å². The van der Waals surface area contributed by atoms with Gasteiger partial charge in [0.2, 0.25) is 0 Å². The van der Waals surface area contributed by atoms with Crippen LogP contribution < -0.4 is 5.32 Å². The molecule has 0 aromatic heterocycles. The number of carbonyl (C=O) groups excluding carboxylic acids is 2. The predicted octanol–water partition coefficient (Wildman–Crippen LogP) is 2.70. The molecule has 1 fully saturated rings. The second kappa shape index (κ2) is 7.82. The molecular weight excluding hydrogens is 282 g/mol. The van der Waals surface area contributed by atoms with Gasteiger partial charge < -0.3 is 15.2 Å². The predicted molar refractivity (Wildman–Crippen MR) is 82.8 cm³/mol. The van der Waals surface area contributed by atoms with E-state index in [1.165, 1.54) is 18.9 Å². The molecule has 0 bridgehead atoms. The smallest absolute Gasteiger partial charge is 0.342 e. The first-order valence-electron chi connectivity index (χ1n) is 7.82. The lowest BCUT2D eigenvalue weighted by Crippen LogP contribution is -2.37. The molecule has 1 saturated carbocycles. The number of hydrogen-bond donors (Lipinski definition) is 2. The molecule has 1 aromatic rings. The zero-order valence-electron chi connectivity index (χ0n) is 12.9. The van der Waals surface area contributed by atoms with Gasteiger partial charge in [0.05, 0.1) is 0 Å². The van der Waals surface area contributed by atoms with Crippen molar-refractivity contribution in [3.05, 3.63) is 29.3 Å². The summed E-state index contributed by atoms with van der Waals surface area (Å²) in [5, 5.41) is 12.6. The van der Waals surface area contributed by atoms with Gasteiger partial charge in [-0.3, -0.25) is 4.79 Å². The number of aryl methyl sites for hydroxylation is 1. The van der Waals surface area contributed by atoms with Crippen molar-refractivity contribution in [2.45, 2.75) is 51.5 Å². The van der Waals surface area contributed by atoms with Crippen molar-refractivity contribution in [1.29, 1.82) is 0 Å². The second-order valence-corrected chi connectivity index (χ2v) is 5.85. The molecule has 0 unspecified atom stereocenters. The zero-order valence-corrected chi connectivity index (χ0v) is 12.9. The van der Waals surface area contributed by atoms with Crippen LogP contribution in [-0.4, -0.2) is 29.6 Å². The highest BCUT2D eigenvalue weighted by Gasteiger charge is 2.17. The van der Waals surface area contributed by atoms with Gasteiger partial charge in [-0.2, -0.15) is 0 Å². The first kappa shape index (κ1) is 16.3. The Morgan fingerprint density at radius 2 is 1.91 bits per heavy atom. The van der Waals surface area contributed by atoms with Crippen molar-refractivity contribution < 1.29 is 19.4 Å². The van der Waals surface area contributed by atoms with Gasteiger partial charge in [-0.05, 0) is 31.9 Å². The fourth-order valence-electron chi connectivity index (χ4n) is 2.72. The maximum Gasteiger partial charge on any atom is 0.342 e. The number of phenols is 1. The van der Waals surface area contributed by atoms with Gasteiger partial charge in [0, 0.05) is 6.04 Å². The molecule has 0 radical (unpaired) electrons. The van der Waals surface area contributed by atoms with Gasteiger partial charge in [0.25, 0.3) is 5.91 Å². The molecule has 2 rings (SSSR count). The maximum absolute atomic E-state index is 11.9. The summed E-state index contributed by atoms with van der Waals surface area (Å²) < 4.78 is 4.99. The molecule has 1 aliphatic rings. The van der Waals surface area contributed by atoms with Crippen LogP contribution in [0, 0.1) is 6.92 Å². The third-order valence-corrected chi connectivity index (χ3v) is 3.93. The molecule has 1 aliphatic carbocycles. The van der Waals surface area contributed by atoms with Crippen molar-refractivity contribution in [2.75, 3.05) is 6.61 Å². The largest absolute Gasteiger partial charge is 0.507 e. The highest BCUT2D eigenvalue weighted by Crippen LogP contribution is 2.19. The Bertz CT molecular complexity index is 533. The summed E-state index contributed by atoms with van der Waals surface area (Å²) in [7, 11) is 0. The summed E-state index contributed by atoms with van der Waals surface area (Å²) >= 11 is 0. The first-order valence-corrected chi connectivity index (χ1v) is 7.82. The van der Waals surface area contributed by atoms with E-state index in [0.29, 0.717) is 0 Å². The molecule has 0 saturated heterocycles. The number of aromatic hydroxyl groups is 1. The number of nitrogens with one attached hydrogen (secondary N) is 1. The van der Waals surface area contributed by atoms with Crippen molar-refractivity contribution in [3.63, 3.8) is 0 Å². The monoisotopic (exact) mass is 305 g/mol. The molecule has 1 aromatic carbocycles. The molecule has 0 aliphatic heterocycles. The van der Waals surface area contributed by atoms with E-state index < -0.39 is 5.97 Å². The molecule has 120 valence electrons. The Morgan fingerprint density at radius 1 is 1.23 bits per heavy atom. The highest BCUT2D eigenvalue weighted by atomic mass is 16.5. The third-order valence-electron chi connectivity index (χ3n) is 3.93. The van der Waals surface area contributed by atoms with Gasteiger partial charge >= 0.3 is 5.97 Å². The number of rotatable bonds is 4. The summed E-state index contributed by atoms with van der Waals surface area (Å²) in [4.78, 5) is 23.8. The maximum atomic E-state index is 11.9. The van der Waals surface area contributed by atoms with Crippen LogP contribution >= 0.6 is 0 Å². The quantitative estimate of drug-likeness (QED) is 0.662. The summed E-state index contributed by atoms with van der Waals surface area (Å²) in [6, 6.07) is 4.87. The lowest BCUT2D eigenvalue weighted by Gasteiger charge is -2.16. The molecule has 1 amide bonds. The minimum absolute atomic E-state index is 0.0854. The van der Waals surface area contributed by atoms with E-state index in [1.54, 1.807) is 12.1 Å². The summed E-state index contributed by atoms with van der Waals surface area (Å²) in [5.41, 5.74) is 0.926. The Hall–Kier alpha value is -2.04. The van der Waals surface area contributed by atoms with E-state index in [1.807, 2.05) is 6.92 Å². The van der Waals surface area contributed by atoms with Gasteiger partial charge in [-0.1, -0.05) is 37.3 Å². The minimum atomic E-state index is -0.683. The molecule has 22 heavy (non-hydrogen) atoms. The number of benzene rings is 1. The second-order valence-electron chi connectivity index (χ2n) is 5.85. The van der Waals surface area contributed by atoms with Crippen molar-refractivity contribution in [3.8, 4) is 5.75 Å². The number of amides is 1. The fraction of sp³-hybridized carbons (Fsp3) is 0.529. The third kappa shape index (κ3) is 4.76. The zero-order chi connectivity index (χ0) is 15.9. The summed E-state index contributed by atoms with van der Waals surface area (Å²) in [6.45, 7) is 1.50. The van der Waals surface area contributed by atoms with Gasteiger partial charge in [0.15, 0.2) is 6.61 Å². The van der Waals surface area contributed by atoms with Crippen LogP contribution in [0.25, 0.3) is 0 Å². The molecule has 5 heteroatoms. The van der Waals surface area contributed by atoms with Crippen LogP contribution in [0.5, 0.6) is 5.75 Å². The number of esters is 1. The normalized spacial score (nSPS) is 15.9. The molecule has 2 N–H and O–H groups in total. The van der Waals surface area contributed by atoms with E-state index in [2.05, 4.69) is 5.32 Å². The number of phenolic OH excluding ortho intramolecular Hbond substituents is 1. The SMILES string of the molecule is Cc1ccc(O)c(C(=O)OCC(=O)NC2CCCCCC2)c1. The van der Waals surface area contributed by atoms with Crippen LogP contribution in [0.4, 0.5) is 0 Å². The van der Waals surface area contributed by atoms with E-state index >= 15 is 0 Å². The van der Waals surface area contributed by atoms with Gasteiger partial charge in [-0.25, -0.2) is 4.79 Å². The highest BCUT2D eigenvalue weighted by molar-refractivity contribution is 5.94. The first-order chi connectivity index (χ1) is 10.6. The molecule has 0 atom stereocenters. The Kier molecular flexibility index (Phi) is 5.81. The van der Waals surface area contributed by atoms with E-state index in [0.717, 1.165) is 31.2 Å². The molecular formula is C17H23NO4. The van der Waals surface area contributed by atoms with Crippen molar-refractivity contribution in [1.82, 2.24) is 5.32 Å². The summed E-state index contributed by atoms with van der Waals surface area (Å²) in [5.74, 6) is -1.11. The van der Waals surface area contributed by atoms with Gasteiger partial charge in [0.1, 0.15) is 11.3 Å². The van der Waals surface area contributed by atoms with E-state index in [9.17, 15) is 14.7 Å². The summed E-state index contributed by atoms with van der Waals surface area (Å²) in [6.07, 6.45) is 6.66. The van der Waals surface area contributed by atoms with Crippen LogP contribution in [0.2, 0.25) is 0 Å². The number of hydrogen-bond acceptors (Lipinski definition) is 4. The Labute approximate surface area is 130 Å². The van der Waals surface area contributed by atoms with Gasteiger partial charge in [-0.15, -0.1) is 0 Å². The van der Waals surface area contributed by atoms with Crippen LogP contribution in [0.3, 0.4) is 0 Å². The Morgan fingerprint density at radius 3 is 2.59 bits per heavy atom. The standard InChI is InChI=1S/C17H23NO4/c1-12-8-9-15(19)14(10-12)17(21)22-11-16(20)18-13-6-4-2-3-5-7-13/h8-10,13,19H,2-7,11H2,1H3,(H,18,20). The minimum Gasteiger partial charge on any atom is -0.507 e. The lowest BCUT2D eigenvalue weighted by atomic mass is 10.1. The van der Waals surface area contributed by atoms with Crippen LogP contribution in [0.15, 0.2) is 18.2 Å². The van der Waals surface area contributed by atoms with Crippen molar-refractivity contribution in [2.24, 2.45) is 0 Å². The number of carbonyl (C=O) groups is 2. The van der Waals surface area contributed by atoms with E-state index in [4.69, 9.17) is 4.74 Å². The average molecular weight is 305 g/mol. The fourth-order valence-corrected chi connectivity index (χ4v) is 2.72. The van der Waals surface area contributed by atoms with Crippen LogP contribution in [-0.2, 0) is 9.53 Å². The van der Waals surface area contributed by atoms with Crippen molar-refractivity contribution >= 4 is 11.9 Å². The van der Waals surface area contributed by atoms with E-state index in [-0.39, 0.29) is 29.9 Å². The average Bonchev–Trinajstić information content (AvgIpc) is 2.76. The molecule has 0 heterocycles. The molecule has 0 spiro atoms. The topological polar surface area (TPSA) is 75.6 Å². The Balaban J connectivity index is 1.82. The molecule has 5 nitrogen and oxygen atoms in total.